The summed E-state index contributed by atoms with van der Waals surface area (Å²) in [4.78, 5) is 11.7. The number of nitrogens with one attached hydrogen (secondary N) is 1. The molecule has 0 unspecified atom stereocenters. The van der Waals surface area contributed by atoms with Crippen molar-refractivity contribution in [3.05, 3.63) is 30.4 Å². The smallest absolute Gasteiger partial charge is 0.131 e. The Kier molecular flexibility index (Phi) is 5.34. The van der Waals surface area contributed by atoms with Crippen LogP contribution in [0.3, 0.4) is 0 Å². The van der Waals surface area contributed by atoms with E-state index >= 15 is 0 Å². The molecule has 1 aliphatic carbocycles. The van der Waals surface area contributed by atoms with Gasteiger partial charge in [-0.2, -0.15) is 0 Å². The molecule has 1 fully saturated rings. The number of rotatable bonds is 8. The first-order chi connectivity index (χ1) is 10.0. The summed E-state index contributed by atoms with van der Waals surface area (Å²) in [6.07, 6.45) is 6.50. The van der Waals surface area contributed by atoms with E-state index in [1.54, 1.807) is 0 Å². The van der Waals surface area contributed by atoms with Gasteiger partial charge in [0.2, 0.25) is 0 Å². The molecule has 0 spiro atoms. The SMILES string of the molecule is C=CCN(c1cnc(C(C)C)nc1CNC1CC1)C(C)C. The van der Waals surface area contributed by atoms with E-state index in [1.807, 2.05) is 12.3 Å². The average Bonchev–Trinajstić information content (AvgIpc) is 3.26. The standard InChI is InChI=1S/C17H28N4/c1-6-9-21(13(4)5)16-11-19-17(12(2)3)20-15(16)10-18-14-7-8-14/h6,11-14,18H,1,7-10H2,2-5H3. The van der Waals surface area contributed by atoms with Crippen LogP contribution >= 0.6 is 0 Å². The van der Waals surface area contributed by atoms with Crippen molar-refractivity contribution in [1.29, 1.82) is 0 Å². The minimum Gasteiger partial charge on any atom is -0.363 e. The zero-order valence-electron chi connectivity index (χ0n) is 13.8. The first kappa shape index (κ1) is 16.0. The molecule has 1 saturated carbocycles. The van der Waals surface area contributed by atoms with Gasteiger partial charge in [0.1, 0.15) is 5.82 Å². The van der Waals surface area contributed by atoms with Gasteiger partial charge in [-0.3, -0.25) is 0 Å². The summed E-state index contributed by atoms with van der Waals surface area (Å²) >= 11 is 0. The molecule has 4 nitrogen and oxygen atoms in total. The largest absolute Gasteiger partial charge is 0.363 e. The first-order valence-corrected chi connectivity index (χ1v) is 7.99. The van der Waals surface area contributed by atoms with Crippen LogP contribution < -0.4 is 10.2 Å². The van der Waals surface area contributed by atoms with Crippen LogP contribution in [0.5, 0.6) is 0 Å². The third kappa shape index (κ3) is 4.27. The molecular weight excluding hydrogens is 260 g/mol. The van der Waals surface area contributed by atoms with Crippen molar-refractivity contribution in [3.8, 4) is 0 Å². The fraction of sp³-hybridized carbons (Fsp3) is 0.647. The van der Waals surface area contributed by atoms with Crippen LogP contribution in [0.4, 0.5) is 5.69 Å². The second kappa shape index (κ2) is 7.03. The lowest BCUT2D eigenvalue weighted by molar-refractivity contribution is 0.645. The van der Waals surface area contributed by atoms with Gasteiger partial charge >= 0.3 is 0 Å². The maximum absolute atomic E-state index is 4.81. The Hall–Kier alpha value is -1.42. The summed E-state index contributed by atoms with van der Waals surface area (Å²) in [5.74, 6) is 1.28. The highest BCUT2D eigenvalue weighted by Crippen LogP contribution is 2.24. The number of aromatic nitrogens is 2. The molecule has 116 valence electrons. The van der Waals surface area contributed by atoms with Gasteiger partial charge in [0, 0.05) is 31.1 Å². The molecule has 21 heavy (non-hydrogen) atoms. The van der Waals surface area contributed by atoms with E-state index in [0.29, 0.717) is 18.0 Å². The molecule has 0 aromatic carbocycles. The van der Waals surface area contributed by atoms with Crippen LogP contribution in [0, 0.1) is 0 Å². The van der Waals surface area contributed by atoms with E-state index in [1.165, 1.54) is 12.8 Å². The molecule has 0 atom stereocenters. The summed E-state index contributed by atoms with van der Waals surface area (Å²) in [5.41, 5.74) is 2.23. The molecule has 0 amide bonds. The van der Waals surface area contributed by atoms with Crippen LogP contribution in [-0.4, -0.2) is 28.6 Å². The maximum Gasteiger partial charge on any atom is 0.131 e. The van der Waals surface area contributed by atoms with E-state index in [9.17, 15) is 0 Å². The topological polar surface area (TPSA) is 41.1 Å². The Morgan fingerprint density at radius 2 is 2.10 bits per heavy atom. The van der Waals surface area contributed by atoms with E-state index < -0.39 is 0 Å². The number of anilines is 1. The van der Waals surface area contributed by atoms with Gasteiger partial charge in [0.15, 0.2) is 0 Å². The molecule has 1 aromatic rings. The van der Waals surface area contributed by atoms with Gasteiger partial charge in [-0.15, -0.1) is 6.58 Å². The van der Waals surface area contributed by atoms with Crippen molar-refractivity contribution in [2.75, 3.05) is 11.4 Å². The van der Waals surface area contributed by atoms with Crippen molar-refractivity contribution >= 4 is 5.69 Å². The van der Waals surface area contributed by atoms with Crippen molar-refractivity contribution in [3.63, 3.8) is 0 Å². The Balaban J connectivity index is 2.28. The van der Waals surface area contributed by atoms with Crippen molar-refractivity contribution in [2.45, 2.75) is 65.1 Å². The minimum atomic E-state index is 0.352. The molecule has 2 rings (SSSR count). The lowest BCUT2D eigenvalue weighted by Gasteiger charge is -2.29. The summed E-state index contributed by atoms with van der Waals surface area (Å²) in [6.45, 7) is 14.2. The van der Waals surface area contributed by atoms with Gasteiger partial charge in [-0.1, -0.05) is 19.9 Å². The Morgan fingerprint density at radius 3 is 2.62 bits per heavy atom. The van der Waals surface area contributed by atoms with Crippen molar-refractivity contribution < 1.29 is 0 Å². The summed E-state index contributed by atoms with van der Waals surface area (Å²) in [7, 11) is 0. The van der Waals surface area contributed by atoms with Crippen molar-refractivity contribution in [1.82, 2.24) is 15.3 Å². The third-order valence-electron chi connectivity index (χ3n) is 3.77. The molecule has 4 heteroatoms. The van der Waals surface area contributed by atoms with Gasteiger partial charge in [0.25, 0.3) is 0 Å². The Bertz CT molecular complexity index is 478. The minimum absolute atomic E-state index is 0.352. The fourth-order valence-electron chi connectivity index (χ4n) is 2.33. The summed E-state index contributed by atoms with van der Waals surface area (Å²) in [5, 5.41) is 3.57. The Morgan fingerprint density at radius 1 is 1.38 bits per heavy atom. The molecule has 1 aromatic heterocycles. The summed E-state index contributed by atoms with van der Waals surface area (Å²) < 4.78 is 0. The molecular formula is C17H28N4. The van der Waals surface area contributed by atoms with E-state index in [0.717, 1.165) is 30.3 Å². The van der Waals surface area contributed by atoms with Crippen LogP contribution in [-0.2, 0) is 6.54 Å². The molecule has 1 aliphatic rings. The second-order valence-corrected chi connectivity index (χ2v) is 6.40. The van der Waals surface area contributed by atoms with E-state index in [-0.39, 0.29) is 0 Å². The van der Waals surface area contributed by atoms with Gasteiger partial charge < -0.3 is 10.2 Å². The molecule has 0 aliphatic heterocycles. The molecule has 1 heterocycles. The van der Waals surface area contributed by atoms with Crippen LogP contribution in [0.15, 0.2) is 18.9 Å². The lowest BCUT2D eigenvalue weighted by atomic mass is 10.2. The van der Waals surface area contributed by atoms with E-state index in [4.69, 9.17) is 4.98 Å². The third-order valence-corrected chi connectivity index (χ3v) is 3.77. The van der Waals surface area contributed by atoms with Crippen molar-refractivity contribution in [2.24, 2.45) is 0 Å². The number of hydrogen-bond acceptors (Lipinski definition) is 4. The fourth-order valence-corrected chi connectivity index (χ4v) is 2.33. The zero-order valence-corrected chi connectivity index (χ0v) is 13.8. The first-order valence-electron chi connectivity index (χ1n) is 7.99. The van der Waals surface area contributed by atoms with Gasteiger partial charge in [0.05, 0.1) is 17.6 Å². The zero-order chi connectivity index (χ0) is 15.4. The maximum atomic E-state index is 4.81. The van der Waals surface area contributed by atoms with Crippen LogP contribution in [0.25, 0.3) is 0 Å². The van der Waals surface area contributed by atoms with Crippen LogP contribution in [0.2, 0.25) is 0 Å². The summed E-state index contributed by atoms with van der Waals surface area (Å²) in [6, 6.07) is 1.08. The predicted molar refractivity (Wildman–Crippen MR) is 88.7 cm³/mol. The van der Waals surface area contributed by atoms with Gasteiger partial charge in [-0.05, 0) is 26.7 Å². The highest BCUT2D eigenvalue weighted by Gasteiger charge is 2.22. The molecule has 0 radical (unpaired) electrons. The predicted octanol–water partition coefficient (Wildman–Crippen LogP) is 3.25. The lowest BCUT2D eigenvalue weighted by Crippen LogP contribution is -2.33. The number of nitrogens with zero attached hydrogens (tertiary/aromatic N) is 3. The second-order valence-electron chi connectivity index (χ2n) is 6.40. The molecule has 1 N–H and O–H groups in total. The average molecular weight is 288 g/mol. The normalized spacial score (nSPS) is 14.8. The van der Waals surface area contributed by atoms with Crippen LogP contribution in [0.1, 0.15) is 58.0 Å². The van der Waals surface area contributed by atoms with Gasteiger partial charge in [-0.25, -0.2) is 9.97 Å². The highest BCUT2D eigenvalue weighted by molar-refractivity contribution is 5.50. The number of hydrogen-bond donors (Lipinski definition) is 1. The van der Waals surface area contributed by atoms with E-state index in [2.05, 4.69) is 49.5 Å². The highest BCUT2D eigenvalue weighted by atomic mass is 15.2. The Labute approximate surface area is 128 Å². The monoisotopic (exact) mass is 288 g/mol. The molecule has 0 bridgehead atoms. The quantitative estimate of drug-likeness (QED) is 0.746. The molecule has 0 saturated heterocycles.